The Morgan fingerprint density at radius 2 is 2.31 bits per heavy atom. The maximum atomic E-state index is 5.45. The third-order valence-corrected chi connectivity index (χ3v) is 2.23. The molecule has 1 aromatic rings. The van der Waals surface area contributed by atoms with Gasteiger partial charge in [0, 0.05) is 26.3 Å². The Bertz CT molecular complexity index is 289. The summed E-state index contributed by atoms with van der Waals surface area (Å²) in [7, 11) is 1.96. The summed E-state index contributed by atoms with van der Waals surface area (Å²) >= 11 is 3.39. The van der Waals surface area contributed by atoms with Crippen molar-refractivity contribution in [3.63, 3.8) is 0 Å². The van der Waals surface area contributed by atoms with Crippen LogP contribution < -0.4 is 10.6 Å². The largest absolute Gasteiger partial charge is 0.357 e. The van der Waals surface area contributed by atoms with Crippen LogP contribution in [0.1, 0.15) is 5.82 Å². The molecule has 0 aliphatic heterocycles. The van der Waals surface area contributed by atoms with Crippen LogP contribution in [0.15, 0.2) is 10.7 Å². The van der Waals surface area contributed by atoms with Crippen LogP contribution in [-0.4, -0.2) is 30.1 Å². The molecule has 0 bridgehead atoms. The molecule has 13 heavy (non-hydrogen) atoms. The minimum Gasteiger partial charge on any atom is -0.357 e. The number of aryl methyl sites for hydroxylation is 1. The number of nitrogens with two attached hydrogens (primary N) is 1. The van der Waals surface area contributed by atoms with Gasteiger partial charge in [-0.1, -0.05) is 0 Å². The van der Waals surface area contributed by atoms with E-state index in [1.54, 1.807) is 6.20 Å². The van der Waals surface area contributed by atoms with Gasteiger partial charge in [-0.3, -0.25) is 0 Å². The van der Waals surface area contributed by atoms with Crippen LogP contribution in [0.3, 0.4) is 0 Å². The lowest BCUT2D eigenvalue weighted by atomic mass is 10.4. The summed E-state index contributed by atoms with van der Waals surface area (Å²) in [6.07, 6.45) is 1.75. The minimum absolute atomic E-state index is 0.617. The maximum absolute atomic E-state index is 5.45. The van der Waals surface area contributed by atoms with E-state index in [9.17, 15) is 0 Å². The van der Waals surface area contributed by atoms with Crippen LogP contribution in [0.25, 0.3) is 0 Å². The van der Waals surface area contributed by atoms with E-state index in [4.69, 9.17) is 5.73 Å². The predicted molar refractivity (Wildman–Crippen MR) is 56.8 cm³/mol. The van der Waals surface area contributed by atoms with Gasteiger partial charge in [-0.25, -0.2) is 9.97 Å². The van der Waals surface area contributed by atoms with Crippen molar-refractivity contribution in [2.45, 2.75) is 6.92 Å². The Balaban J connectivity index is 2.91. The summed E-state index contributed by atoms with van der Waals surface area (Å²) in [5, 5.41) is 0. The summed E-state index contributed by atoms with van der Waals surface area (Å²) in [4.78, 5) is 10.4. The van der Waals surface area contributed by atoms with Crippen molar-refractivity contribution >= 4 is 21.7 Å². The molecule has 0 saturated carbocycles. The zero-order valence-corrected chi connectivity index (χ0v) is 9.37. The Kier molecular flexibility index (Phi) is 3.62. The summed E-state index contributed by atoms with van der Waals surface area (Å²) < 4.78 is 0.897. The highest BCUT2D eigenvalue weighted by molar-refractivity contribution is 9.10. The highest BCUT2D eigenvalue weighted by Crippen LogP contribution is 2.21. The van der Waals surface area contributed by atoms with E-state index in [2.05, 4.69) is 25.9 Å². The number of halogens is 1. The van der Waals surface area contributed by atoms with Crippen molar-refractivity contribution < 1.29 is 0 Å². The van der Waals surface area contributed by atoms with Gasteiger partial charge in [-0.15, -0.1) is 0 Å². The van der Waals surface area contributed by atoms with Gasteiger partial charge in [0.15, 0.2) is 0 Å². The normalized spacial score (nSPS) is 10.2. The molecule has 1 rings (SSSR count). The van der Waals surface area contributed by atoms with Crippen molar-refractivity contribution in [1.29, 1.82) is 0 Å². The molecule has 5 heteroatoms. The second-order valence-corrected chi connectivity index (χ2v) is 3.65. The van der Waals surface area contributed by atoms with Gasteiger partial charge >= 0.3 is 0 Å². The molecule has 72 valence electrons. The van der Waals surface area contributed by atoms with Crippen molar-refractivity contribution in [1.82, 2.24) is 9.97 Å². The summed E-state index contributed by atoms with van der Waals surface area (Å²) in [5.41, 5.74) is 5.45. The number of hydrogen-bond donors (Lipinski definition) is 1. The molecule has 0 unspecified atom stereocenters. The van der Waals surface area contributed by atoms with Crippen molar-refractivity contribution in [2.24, 2.45) is 5.73 Å². The van der Waals surface area contributed by atoms with Crippen molar-refractivity contribution in [2.75, 3.05) is 25.0 Å². The van der Waals surface area contributed by atoms with Crippen LogP contribution in [-0.2, 0) is 0 Å². The smallest absolute Gasteiger partial charge is 0.146 e. The molecule has 0 atom stereocenters. The van der Waals surface area contributed by atoms with Crippen molar-refractivity contribution in [3.05, 3.63) is 16.5 Å². The molecule has 0 spiro atoms. The highest BCUT2D eigenvalue weighted by Gasteiger charge is 2.06. The standard InChI is InChI=1S/C8H13BrN4/c1-6-11-5-7(9)8(12-6)13(2)4-3-10/h5H,3-4,10H2,1-2H3. The molecule has 0 aliphatic carbocycles. The van der Waals surface area contributed by atoms with E-state index >= 15 is 0 Å². The van der Waals surface area contributed by atoms with E-state index in [1.807, 2.05) is 18.9 Å². The first-order valence-electron chi connectivity index (χ1n) is 4.05. The second-order valence-electron chi connectivity index (χ2n) is 2.80. The molecule has 0 radical (unpaired) electrons. The first kappa shape index (κ1) is 10.4. The fourth-order valence-electron chi connectivity index (χ4n) is 1.01. The van der Waals surface area contributed by atoms with Gasteiger partial charge in [-0.05, 0) is 22.9 Å². The molecule has 0 amide bonds. The first-order valence-corrected chi connectivity index (χ1v) is 4.84. The van der Waals surface area contributed by atoms with Gasteiger partial charge in [-0.2, -0.15) is 0 Å². The summed E-state index contributed by atoms with van der Waals surface area (Å²) in [6, 6.07) is 0. The Morgan fingerprint density at radius 3 is 2.92 bits per heavy atom. The zero-order valence-electron chi connectivity index (χ0n) is 7.79. The third kappa shape index (κ3) is 2.63. The third-order valence-electron chi connectivity index (χ3n) is 1.67. The van der Waals surface area contributed by atoms with Crippen LogP contribution in [0.4, 0.5) is 5.82 Å². The summed E-state index contributed by atoms with van der Waals surface area (Å²) in [6.45, 7) is 3.27. The molecule has 0 aliphatic rings. The van der Waals surface area contributed by atoms with E-state index < -0.39 is 0 Å². The van der Waals surface area contributed by atoms with Gasteiger partial charge in [0.1, 0.15) is 11.6 Å². The molecule has 1 heterocycles. The summed E-state index contributed by atoms with van der Waals surface area (Å²) in [5.74, 6) is 1.65. The molecule has 0 aromatic carbocycles. The number of aromatic nitrogens is 2. The average molecular weight is 245 g/mol. The van der Waals surface area contributed by atoms with Crippen LogP contribution in [0.2, 0.25) is 0 Å². The highest BCUT2D eigenvalue weighted by atomic mass is 79.9. The maximum Gasteiger partial charge on any atom is 0.146 e. The van der Waals surface area contributed by atoms with E-state index in [-0.39, 0.29) is 0 Å². The molecular weight excluding hydrogens is 232 g/mol. The van der Waals surface area contributed by atoms with Gasteiger partial charge in [0.2, 0.25) is 0 Å². The number of hydrogen-bond acceptors (Lipinski definition) is 4. The van der Waals surface area contributed by atoms with Crippen molar-refractivity contribution in [3.8, 4) is 0 Å². The Labute approximate surface area is 86.3 Å². The molecular formula is C8H13BrN4. The predicted octanol–water partition coefficient (Wildman–Crippen LogP) is 0.942. The number of anilines is 1. The number of likely N-dealkylation sites (N-methyl/N-ethyl adjacent to an activating group) is 1. The van der Waals surface area contributed by atoms with Crippen LogP contribution in [0.5, 0.6) is 0 Å². The zero-order chi connectivity index (χ0) is 9.84. The van der Waals surface area contributed by atoms with E-state index in [1.165, 1.54) is 0 Å². The quantitative estimate of drug-likeness (QED) is 0.861. The Morgan fingerprint density at radius 1 is 1.62 bits per heavy atom. The fraction of sp³-hybridized carbons (Fsp3) is 0.500. The molecule has 2 N–H and O–H groups in total. The molecule has 1 aromatic heterocycles. The van der Waals surface area contributed by atoms with Crippen LogP contribution in [0, 0.1) is 6.92 Å². The lowest BCUT2D eigenvalue weighted by Gasteiger charge is -2.18. The topological polar surface area (TPSA) is 55.0 Å². The second kappa shape index (κ2) is 4.53. The SMILES string of the molecule is Cc1ncc(Br)c(N(C)CCN)n1. The van der Waals surface area contributed by atoms with Gasteiger partial charge in [0.05, 0.1) is 4.47 Å². The Hall–Kier alpha value is -0.680. The van der Waals surface area contributed by atoms with E-state index in [0.29, 0.717) is 6.54 Å². The monoisotopic (exact) mass is 244 g/mol. The van der Waals surface area contributed by atoms with E-state index in [0.717, 1.165) is 22.7 Å². The first-order chi connectivity index (χ1) is 6.15. The minimum atomic E-state index is 0.617. The number of nitrogens with zero attached hydrogens (tertiary/aromatic N) is 3. The number of rotatable bonds is 3. The fourth-order valence-corrected chi connectivity index (χ4v) is 1.50. The van der Waals surface area contributed by atoms with Crippen LogP contribution >= 0.6 is 15.9 Å². The van der Waals surface area contributed by atoms with Gasteiger partial charge in [0.25, 0.3) is 0 Å². The lowest BCUT2D eigenvalue weighted by Crippen LogP contribution is -2.26. The van der Waals surface area contributed by atoms with Gasteiger partial charge < -0.3 is 10.6 Å². The molecule has 0 saturated heterocycles. The molecule has 0 fully saturated rings. The average Bonchev–Trinajstić information content (AvgIpc) is 2.09. The lowest BCUT2D eigenvalue weighted by molar-refractivity contribution is 0.852. The molecule has 4 nitrogen and oxygen atoms in total.